The van der Waals surface area contributed by atoms with Gasteiger partial charge in [0.15, 0.2) is 0 Å². The molecule has 16 heavy (non-hydrogen) atoms. The molecule has 0 amide bonds. The number of benzene rings is 1. The summed E-state index contributed by atoms with van der Waals surface area (Å²) < 4.78 is 0. The zero-order valence-electron chi connectivity index (χ0n) is 9.49. The number of alkyl halides is 1. The first-order chi connectivity index (χ1) is 7.81. The molecule has 0 saturated heterocycles. The summed E-state index contributed by atoms with van der Waals surface area (Å²) in [6.07, 6.45) is 6.89. The predicted molar refractivity (Wildman–Crippen MR) is 70.0 cm³/mol. The first kappa shape index (κ1) is 11.4. The number of halogens is 1. The van der Waals surface area contributed by atoms with E-state index in [1.165, 1.54) is 16.3 Å². The molecule has 1 aromatic heterocycles. The molecule has 1 atom stereocenters. The number of nitrogens with zero attached hydrogens (tertiary/aromatic N) is 1. The van der Waals surface area contributed by atoms with Gasteiger partial charge in [-0.2, -0.15) is 0 Å². The van der Waals surface area contributed by atoms with E-state index in [1.807, 2.05) is 12.4 Å². The van der Waals surface area contributed by atoms with E-state index in [0.717, 1.165) is 19.3 Å². The molecular weight excluding hydrogens is 218 g/mol. The zero-order valence-corrected chi connectivity index (χ0v) is 10.2. The Hall–Kier alpha value is -1.08. The van der Waals surface area contributed by atoms with Gasteiger partial charge in [0.05, 0.1) is 0 Å². The molecule has 2 rings (SSSR count). The van der Waals surface area contributed by atoms with E-state index in [4.69, 9.17) is 11.6 Å². The Morgan fingerprint density at radius 1 is 1.31 bits per heavy atom. The summed E-state index contributed by atoms with van der Waals surface area (Å²) in [5.74, 6) is 0. The van der Waals surface area contributed by atoms with Crippen LogP contribution in [0.3, 0.4) is 0 Å². The Labute approximate surface area is 101 Å². The average Bonchev–Trinajstić information content (AvgIpc) is 2.35. The number of hydrogen-bond acceptors (Lipinski definition) is 1. The number of rotatable bonds is 4. The number of hydrogen-bond donors (Lipinski definition) is 0. The van der Waals surface area contributed by atoms with Crippen molar-refractivity contribution >= 4 is 22.4 Å². The van der Waals surface area contributed by atoms with Crippen molar-refractivity contribution < 1.29 is 0 Å². The topological polar surface area (TPSA) is 12.9 Å². The summed E-state index contributed by atoms with van der Waals surface area (Å²) >= 11 is 6.15. The van der Waals surface area contributed by atoms with Crippen molar-refractivity contribution in [2.24, 2.45) is 0 Å². The van der Waals surface area contributed by atoms with Gasteiger partial charge in [-0.05, 0) is 36.3 Å². The molecule has 1 unspecified atom stereocenters. The SMILES string of the molecule is CCC(Cl)CCc1cccc2cnccc12. The third-order valence-electron chi connectivity index (χ3n) is 2.94. The molecular formula is C14H16ClN. The molecule has 0 N–H and O–H groups in total. The van der Waals surface area contributed by atoms with Crippen LogP contribution in [0.1, 0.15) is 25.3 Å². The van der Waals surface area contributed by atoms with E-state index < -0.39 is 0 Å². The fraction of sp³-hybridized carbons (Fsp3) is 0.357. The molecule has 0 aliphatic rings. The second kappa shape index (κ2) is 5.31. The van der Waals surface area contributed by atoms with Gasteiger partial charge in [0, 0.05) is 23.2 Å². The van der Waals surface area contributed by atoms with Crippen molar-refractivity contribution in [3.63, 3.8) is 0 Å². The molecule has 1 aromatic carbocycles. The predicted octanol–water partition coefficient (Wildman–Crippen LogP) is 4.18. The van der Waals surface area contributed by atoms with Crippen LogP contribution in [0.25, 0.3) is 10.8 Å². The van der Waals surface area contributed by atoms with E-state index in [-0.39, 0.29) is 5.38 Å². The van der Waals surface area contributed by atoms with E-state index >= 15 is 0 Å². The molecule has 1 heterocycles. The standard InChI is InChI=1S/C14H16ClN/c1-2-13(15)7-6-11-4-3-5-12-10-16-9-8-14(11)12/h3-5,8-10,13H,2,6-7H2,1H3. The Morgan fingerprint density at radius 2 is 2.19 bits per heavy atom. The molecule has 0 aliphatic heterocycles. The lowest BCUT2D eigenvalue weighted by Crippen LogP contribution is -1.99. The molecule has 0 saturated carbocycles. The normalized spacial score (nSPS) is 12.9. The number of aromatic nitrogens is 1. The Morgan fingerprint density at radius 3 is 3.00 bits per heavy atom. The summed E-state index contributed by atoms with van der Waals surface area (Å²) in [6, 6.07) is 8.46. The number of fused-ring (bicyclic) bond motifs is 1. The Bertz CT molecular complexity index is 462. The van der Waals surface area contributed by atoms with Crippen molar-refractivity contribution in [2.45, 2.75) is 31.6 Å². The molecule has 2 aromatic rings. The Balaban J connectivity index is 2.23. The molecule has 0 aliphatic carbocycles. The minimum absolute atomic E-state index is 0.289. The van der Waals surface area contributed by atoms with Crippen molar-refractivity contribution in [2.75, 3.05) is 0 Å². The van der Waals surface area contributed by atoms with Gasteiger partial charge < -0.3 is 0 Å². The fourth-order valence-corrected chi connectivity index (χ4v) is 2.03. The summed E-state index contributed by atoms with van der Waals surface area (Å²) in [5, 5.41) is 2.80. The highest BCUT2D eigenvalue weighted by atomic mass is 35.5. The van der Waals surface area contributed by atoms with Crippen molar-refractivity contribution in [1.82, 2.24) is 4.98 Å². The maximum atomic E-state index is 6.15. The molecule has 0 bridgehead atoms. The van der Waals surface area contributed by atoms with Crippen molar-refractivity contribution in [3.05, 3.63) is 42.2 Å². The second-order valence-corrected chi connectivity index (χ2v) is 4.68. The van der Waals surface area contributed by atoms with Crippen LogP contribution in [0.5, 0.6) is 0 Å². The highest BCUT2D eigenvalue weighted by Crippen LogP contribution is 2.20. The van der Waals surface area contributed by atoms with Gasteiger partial charge in [-0.1, -0.05) is 25.1 Å². The third-order valence-corrected chi connectivity index (χ3v) is 3.47. The maximum absolute atomic E-state index is 6.15. The van der Waals surface area contributed by atoms with Crippen molar-refractivity contribution in [3.8, 4) is 0 Å². The van der Waals surface area contributed by atoms with Crippen LogP contribution in [0, 0.1) is 0 Å². The molecule has 1 nitrogen and oxygen atoms in total. The zero-order chi connectivity index (χ0) is 11.4. The number of aryl methyl sites for hydroxylation is 1. The van der Waals surface area contributed by atoms with Crippen LogP contribution in [0.4, 0.5) is 0 Å². The smallest absolute Gasteiger partial charge is 0.0346 e. The number of pyridine rings is 1. The summed E-state index contributed by atoms with van der Waals surface area (Å²) in [7, 11) is 0. The minimum atomic E-state index is 0.289. The fourth-order valence-electron chi connectivity index (χ4n) is 1.92. The maximum Gasteiger partial charge on any atom is 0.0346 e. The summed E-state index contributed by atoms with van der Waals surface area (Å²) in [5.41, 5.74) is 1.37. The van der Waals surface area contributed by atoms with Crippen LogP contribution in [0.2, 0.25) is 0 Å². The molecule has 0 spiro atoms. The van der Waals surface area contributed by atoms with E-state index in [2.05, 4.69) is 36.2 Å². The van der Waals surface area contributed by atoms with E-state index in [9.17, 15) is 0 Å². The molecule has 0 fully saturated rings. The molecule has 0 radical (unpaired) electrons. The van der Waals surface area contributed by atoms with Crippen LogP contribution in [-0.4, -0.2) is 10.4 Å². The monoisotopic (exact) mass is 233 g/mol. The van der Waals surface area contributed by atoms with Gasteiger partial charge in [0.2, 0.25) is 0 Å². The lowest BCUT2D eigenvalue weighted by molar-refractivity contribution is 0.729. The van der Waals surface area contributed by atoms with Gasteiger partial charge in [-0.3, -0.25) is 4.98 Å². The van der Waals surface area contributed by atoms with Crippen LogP contribution >= 0.6 is 11.6 Å². The van der Waals surface area contributed by atoms with Crippen LogP contribution < -0.4 is 0 Å². The van der Waals surface area contributed by atoms with Crippen LogP contribution in [-0.2, 0) is 6.42 Å². The lowest BCUT2D eigenvalue weighted by atomic mass is 10.0. The minimum Gasteiger partial charge on any atom is -0.264 e. The average molecular weight is 234 g/mol. The summed E-state index contributed by atoms with van der Waals surface area (Å²) in [6.45, 7) is 2.13. The Kier molecular flexibility index (Phi) is 3.79. The summed E-state index contributed by atoms with van der Waals surface area (Å²) in [4.78, 5) is 4.14. The van der Waals surface area contributed by atoms with Crippen molar-refractivity contribution in [1.29, 1.82) is 0 Å². The quantitative estimate of drug-likeness (QED) is 0.722. The van der Waals surface area contributed by atoms with Gasteiger partial charge in [0.1, 0.15) is 0 Å². The lowest BCUT2D eigenvalue weighted by Gasteiger charge is -2.08. The highest BCUT2D eigenvalue weighted by Gasteiger charge is 2.04. The second-order valence-electron chi connectivity index (χ2n) is 4.06. The first-order valence-electron chi connectivity index (χ1n) is 5.77. The largest absolute Gasteiger partial charge is 0.264 e. The molecule has 84 valence electrons. The van der Waals surface area contributed by atoms with Gasteiger partial charge >= 0.3 is 0 Å². The van der Waals surface area contributed by atoms with Gasteiger partial charge in [0.25, 0.3) is 0 Å². The highest BCUT2D eigenvalue weighted by molar-refractivity contribution is 6.20. The first-order valence-corrected chi connectivity index (χ1v) is 6.20. The third kappa shape index (κ3) is 2.53. The molecule has 2 heteroatoms. The van der Waals surface area contributed by atoms with Gasteiger partial charge in [-0.25, -0.2) is 0 Å². The van der Waals surface area contributed by atoms with Crippen LogP contribution in [0.15, 0.2) is 36.7 Å². The van der Waals surface area contributed by atoms with E-state index in [0.29, 0.717) is 0 Å². The van der Waals surface area contributed by atoms with Gasteiger partial charge in [-0.15, -0.1) is 11.6 Å². The van der Waals surface area contributed by atoms with E-state index in [1.54, 1.807) is 0 Å².